The largest absolute Gasteiger partial charge is 0.493 e. The van der Waals surface area contributed by atoms with E-state index in [1.54, 1.807) is 30.7 Å². The summed E-state index contributed by atoms with van der Waals surface area (Å²) in [7, 11) is -0.306. The molecule has 7 nitrogen and oxygen atoms in total. The Bertz CT molecular complexity index is 1010. The molecule has 0 aliphatic carbocycles. The molecule has 1 heterocycles. The van der Waals surface area contributed by atoms with Gasteiger partial charge in [0.1, 0.15) is 0 Å². The number of rotatable bonds is 10. The number of carbonyl (C=O) groups excluding carboxylic acids is 1. The number of piperidine rings is 1. The average molecular weight is 461 g/mol. The van der Waals surface area contributed by atoms with Gasteiger partial charge in [0.05, 0.1) is 25.7 Å². The van der Waals surface area contributed by atoms with Gasteiger partial charge in [-0.2, -0.15) is 4.31 Å². The van der Waals surface area contributed by atoms with Gasteiger partial charge in [-0.1, -0.05) is 25.1 Å². The normalized spacial score (nSPS) is 15.5. The molecule has 1 N–H and O–H groups in total. The Hall–Kier alpha value is -2.42. The van der Waals surface area contributed by atoms with Gasteiger partial charge < -0.3 is 14.8 Å². The predicted molar refractivity (Wildman–Crippen MR) is 124 cm³/mol. The van der Waals surface area contributed by atoms with Gasteiger partial charge in [0.25, 0.3) is 0 Å². The van der Waals surface area contributed by atoms with Gasteiger partial charge in [-0.25, -0.2) is 8.42 Å². The first kappa shape index (κ1) is 24.2. The maximum atomic E-state index is 12.8. The fourth-order valence-electron chi connectivity index (χ4n) is 3.76. The smallest absolute Gasteiger partial charge is 0.243 e. The lowest BCUT2D eigenvalue weighted by Gasteiger charge is -2.29. The number of ketones is 1. The number of benzene rings is 2. The summed E-state index contributed by atoms with van der Waals surface area (Å²) in [5, 5.41) is 3.15. The van der Waals surface area contributed by atoms with E-state index in [-0.39, 0.29) is 17.2 Å². The van der Waals surface area contributed by atoms with Crippen molar-refractivity contribution in [3.63, 3.8) is 0 Å². The van der Waals surface area contributed by atoms with Gasteiger partial charge >= 0.3 is 0 Å². The summed E-state index contributed by atoms with van der Waals surface area (Å²) >= 11 is 0. The highest BCUT2D eigenvalue weighted by Gasteiger charge is 2.28. The van der Waals surface area contributed by atoms with Crippen molar-refractivity contribution in [3.8, 4) is 11.5 Å². The lowest BCUT2D eigenvalue weighted by molar-refractivity contribution is 0.0991. The van der Waals surface area contributed by atoms with Gasteiger partial charge in [0.2, 0.25) is 10.0 Å². The molecule has 0 aromatic heterocycles. The second-order valence-electron chi connectivity index (χ2n) is 8.15. The molecule has 0 amide bonds. The van der Waals surface area contributed by atoms with Crippen molar-refractivity contribution in [1.29, 1.82) is 0 Å². The summed E-state index contributed by atoms with van der Waals surface area (Å²) in [6.07, 6.45) is 2.49. The third-order valence-electron chi connectivity index (χ3n) is 5.88. The highest BCUT2D eigenvalue weighted by Crippen LogP contribution is 2.27. The van der Waals surface area contributed by atoms with Crippen LogP contribution in [0.25, 0.3) is 0 Å². The molecule has 0 unspecified atom stereocenters. The van der Waals surface area contributed by atoms with Crippen LogP contribution in [-0.4, -0.2) is 58.9 Å². The van der Waals surface area contributed by atoms with E-state index in [4.69, 9.17) is 9.47 Å². The number of Topliss-reactive ketones (excluding diaryl/α,β-unsaturated/α-hetero) is 1. The highest BCUT2D eigenvalue weighted by molar-refractivity contribution is 7.89. The zero-order valence-corrected chi connectivity index (χ0v) is 19.8. The van der Waals surface area contributed by atoms with Crippen LogP contribution in [0.1, 0.15) is 35.7 Å². The molecule has 0 atom stereocenters. The second kappa shape index (κ2) is 10.9. The highest BCUT2D eigenvalue weighted by atomic mass is 32.2. The molecule has 0 bridgehead atoms. The minimum absolute atomic E-state index is 0.0759. The summed E-state index contributed by atoms with van der Waals surface area (Å²) in [4.78, 5) is 12.7. The first-order chi connectivity index (χ1) is 15.3. The van der Waals surface area contributed by atoms with E-state index in [1.165, 1.54) is 12.1 Å². The molecule has 0 radical (unpaired) electrons. The fourth-order valence-corrected chi connectivity index (χ4v) is 5.23. The molecule has 0 saturated carbocycles. The maximum absolute atomic E-state index is 12.8. The Kier molecular flexibility index (Phi) is 8.28. The van der Waals surface area contributed by atoms with Crippen LogP contribution < -0.4 is 14.8 Å². The molecule has 174 valence electrons. The topological polar surface area (TPSA) is 84.9 Å². The van der Waals surface area contributed by atoms with E-state index < -0.39 is 10.0 Å². The predicted octanol–water partition coefficient (Wildman–Crippen LogP) is 3.14. The summed E-state index contributed by atoms with van der Waals surface area (Å²) in [6.45, 7) is 4.05. The second-order valence-corrected chi connectivity index (χ2v) is 10.1. The molecule has 2 aromatic rings. The lowest BCUT2D eigenvalue weighted by Crippen LogP contribution is -2.37. The Balaban J connectivity index is 1.51. The van der Waals surface area contributed by atoms with E-state index >= 15 is 0 Å². The first-order valence-corrected chi connectivity index (χ1v) is 12.3. The number of methoxy groups -OCH3 is 2. The van der Waals surface area contributed by atoms with Crippen LogP contribution in [0.5, 0.6) is 11.5 Å². The van der Waals surface area contributed by atoms with Crippen LogP contribution in [-0.2, 0) is 16.4 Å². The molecule has 0 spiro atoms. The van der Waals surface area contributed by atoms with Crippen LogP contribution in [0.15, 0.2) is 47.4 Å². The third kappa shape index (κ3) is 5.88. The lowest BCUT2D eigenvalue weighted by atomic mass is 10.0. The Morgan fingerprint density at radius 2 is 1.69 bits per heavy atom. The zero-order valence-electron chi connectivity index (χ0n) is 19.0. The van der Waals surface area contributed by atoms with Gasteiger partial charge in [-0.05, 0) is 61.6 Å². The number of nitrogens with one attached hydrogen (secondary N) is 1. The van der Waals surface area contributed by atoms with Crippen LogP contribution in [0.4, 0.5) is 0 Å². The minimum atomic E-state index is -3.50. The molecule has 8 heteroatoms. The molecular formula is C24H32N2O5S. The van der Waals surface area contributed by atoms with Crippen molar-refractivity contribution >= 4 is 15.8 Å². The van der Waals surface area contributed by atoms with Crippen molar-refractivity contribution < 1.29 is 22.7 Å². The molecular weight excluding hydrogens is 428 g/mol. The van der Waals surface area contributed by atoms with E-state index in [1.807, 2.05) is 18.2 Å². The molecule has 1 aliphatic rings. The van der Waals surface area contributed by atoms with E-state index in [0.29, 0.717) is 42.6 Å². The number of carbonyl (C=O) groups is 1. The molecule has 2 aromatic carbocycles. The number of sulfonamides is 1. The summed E-state index contributed by atoms with van der Waals surface area (Å²) in [6, 6.07) is 12.0. The van der Waals surface area contributed by atoms with E-state index in [9.17, 15) is 13.2 Å². The van der Waals surface area contributed by atoms with Gasteiger partial charge in [0, 0.05) is 18.7 Å². The number of hydrogen-bond donors (Lipinski definition) is 1. The standard InChI is InChI=1S/C24H32N2O5S/c1-18-11-14-26(15-12-18)32(28,29)21-7-5-20(6-8-21)22(27)17-25-13-10-19-4-9-23(30-2)24(16-19)31-3/h4-9,16,18,25H,10-15,17H2,1-3H3. The van der Waals surface area contributed by atoms with E-state index in [0.717, 1.165) is 24.8 Å². The number of nitrogens with zero attached hydrogens (tertiary/aromatic N) is 1. The SMILES string of the molecule is COc1ccc(CCNCC(=O)c2ccc(S(=O)(=O)N3CCC(C)CC3)cc2)cc1OC. The number of ether oxygens (including phenoxy) is 2. The summed E-state index contributed by atoms with van der Waals surface area (Å²) in [5.74, 6) is 1.84. The van der Waals surface area contributed by atoms with Crippen molar-refractivity contribution in [2.24, 2.45) is 5.92 Å². The van der Waals surface area contributed by atoms with Crippen LogP contribution >= 0.6 is 0 Å². The summed E-state index contributed by atoms with van der Waals surface area (Å²) in [5.41, 5.74) is 1.57. The van der Waals surface area contributed by atoms with Crippen LogP contribution in [0.2, 0.25) is 0 Å². The average Bonchev–Trinajstić information content (AvgIpc) is 2.81. The third-order valence-corrected chi connectivity index (χ3v) is 7.79. The van der Waals surface area contributed by atoms with Crippen LogP contribution in [0, 0.1) is 5.92 Å². The monoisotopic (exact) mass is 460 g/mol. The van der Waals surface area contributed by atoms with Crippen molar-refractivity contribution in [3.05, 3.63) is 53.6 Å². The Morgan fingerprint density at radius 3 is 2.31 bits per heavy atom. The van der Waals surface area contributed by atoms with Gasteiger partial charge in [-0.3, -0.25) is 4.79 Å². The quantitative estimate of drug-likeness (QED) is 0.433. The molecule has 32 heavy (non-hydrogen) atoms. The molecule has 1 fully saturated rings. The molecule has 3 rings (SSSR count). The van der Waals surface area contributed by atoms with E-state index in [2.05, 4.69) is 12.2 Å². The Labute approximate surface area is 190 Å². The summed E-state index contributed by atoms with van der Waals surface area (Å²) < 4.78 is 37.7. The Morgan fingerprint density at radius 1 is 1.03 bits per heavy atom. The van der Waals surface area contributed by atoms with Crippen LogP contribution in [0.3, 0.4) is 0 Å². The van der Waals surface area contributed by atoms with Gasteiger partial charge in [0.15, 0.2) is 17.3 Å². The van der Waals surface area contributed by atoms with Crippen molar-refractivity contribution in [2.75, 3.05) is 40.4 Å². The maximum Gasteiger partial charge on any atom is 0.243 e. The molecule has 1 saturated heterocycles. The minimum Gasteiger partial charge on any atom is -0.493 e. The first-order valence-electron chi connectivity index (χ1n) is 10.9. The van der Waals surface area contributed by atoms with Crippen molar-refractivity contribution in [1.82, 2.24) is 9.62 Å². The van der Waals surface area contributed by atoms with Crippen molar-refractivity contribution in [2.45, 2.75) is 31.1 Å². The zero-order chi connectivity index (χ0) is 23.1. The number of hydrogen-bond acceptors (Lipinski definition) is 6. The molecule has 1 aliphatic heterocycles. The fraction of sp³-hybridized carbons (Fsp3) is 0.458. The van der Waals surface area contributed by atoms with Gasteiger partial charge in [-0.15, -0.1) is 0 Å².